The first-order valence-electron chi connectivity index (χ1n) is 17.8. The lowest BCUT2D eigenvalue weighted by Crippen LogP contribution is -2.12. The van der Waals surface area contributed by atoms with Crippen LogP contribution in [0.3, 0.4) is 0 Å². The van der Waals surface area contributed by atoms with Crippen molar-refractivity contribution in [3.05, 3.63) is 138 Å². The van der Waals surface area contributed by atoms with E-state index < -0.39 is 17.9 Å². The molecule has 0 aliphatic carbocycles. The fourth-order valence-electron chi connectivity index (χ4n) is 5.64. The van der Waals surface area contributed by atoms with Gasteiger partial charge >= 0.3 is 17.9 Å². The van der Waals surface area contributed by atoms with Crippen molar-refractivity contribution in [2.45, 2.75) is 0 Å². The minimum atomic E-state index is -0.688. The van der Waals surface area contributed by atoms with Gasteiger partial charge in [-0.15, -0.1) is 0 Å². The fourth-order valence-corrected chi connectivity index (χ4v) is 5.64. The van der Waals surface area contributed by atoms with Crippen LogP contribution in [0.25, 0.3) is 11.1 Å². The van der Waals surface area contributed by atoms with Crippen molar-refractivity contribution in [1.82, 2.24) is 0 Å². The van der Waals surface area contributed by atoms with Gasteiger partial charge in [0.1, 0.15) is 41.1 Å². The summed E-state index contributed by atoms with van der Waals surface area (Å²) in [5, 5.41) is 0. The first-order chi connectivity index (χ1) is 29.2. The van der Waals surface area contributed by atoms with E-state index in [9.17, 15) is 14.4 Å². The maximum Gasteiger partial charge on any atom is 0.347 e. The summed E-state index contributed by atoms with van der Waals surface area (Å²) in [4.78, 5) is 46.7. The summed E-state index contributed by atoms with van der Waals surface area (Å²) in [6, 6.07) is 32.7. The quantitative estimate of drug-likeness (QED) is 0.0715. The fraction of sp³-hybridized carbons (Fsp3) is 0.130. The van der Waals surface area contributed by atoms with E-state index >= 15 is 0 Å². The number of esters is 3. The maximum absolute atomic E-state index is 12.9. The number of carbonyl (C=O) groups is 4. The van der Waals surface area contributed by atoms with Crippen molar-refractivity contribution < 1.29 is 66.5 Å². The molecule has 6 aromatic carbocycles. The Labute approximate surface area is 345 Å². The van der Waals surface area contributed by atoms with Gasteiger partial charge in [-0.25, -0.2) is 14.4 Å². The average Bonchev–Trinajstić information content (AvgIpc) is 3.29. The zero-order chi connectivity index (χ0) is 43.2. The van der Waals surface area contributed by atoms with Crippen LogP contribution in [0.15, 0.2) is 121 Å². The minimum Gasteiger partial charge on any atom is -0.496 e. The lowest BCUT2D eigenvalue weighted by molar-refractivity contribution is -0.0980. The minimum absolute atomic E-state index is 0.131. The Balaban J connectivity index is 0.00000336. The van der Waals surface area contributed by atoms with Crippen molar-refractivity contribution in [3.8, 4) is 74.4 Å². The lowest BCUT2D eigenvalue weighted by atomic mass is 10.1. The Morgan fingerprint density at radius 2 is 0.650 bits per heavy atom. The van der Waals surface area contributed by atoms with Crippen molar-refractivity contribution in [2.75, 3.05) is 42.7 Å². The molecule has 14 heteroatoms. The van der Waals surface area contributed by atoms with Gasteiger partial charge in [0, 0.05) is 24.3 Å². The van der Waals surface area contributed by atoms with Gasteiger partial charge in [0.15, 0.2) is 34.5 Å². The number of ether oxygens (including phenoxy) is 10. The molecule has 60 heavy (non-hydrogen) atoms. The van der Waals surface area contributed by atoms with Crippen LogP contribution in [0, 0.1) is 0 Å². The highest BCUT2D eigenvalue weighted by Gasteiger charge is 2.21. The van der Waals surface area contributed by atoms with Crippen molar-refractivity contribution in [1.29, 1.82) is 0 Å². The molecule has 0 amide bonds. The molecule has 0 radical (unpaired) electrons. The highest BCUT2D eigenvalue weighted by molar-refractivity contribution is 5.95. The molecule has 0 saturated carbocycles. The van der Waals surface area contributed by atoms with E-state index in [0.29, 0.717) is 57.3 Å². The van der Waals surface area contributed by atoms with Crippen LogP contribution >= 0.6 is 0 Å². The van der Waals surface area contributed by atoms with Gasteiger partial charge in [-0.2, -0.15) is 0 Å². The molecule has 6 aromatic rings. The summed E-state index contributed by atoms with van der Waals surface area (Å²) in [7, 11) is 8.92. The van der Waals surface area contributed by atoms with E-state index in [4.69, 9.17) is 52.2 Å². The first kappa shape index (κ1) is 43.1. The average molecular weight is 817 g/mol. The molecule has 0 fully saturated rings. The predicted molar refractivity (Wildman–Crippen MR) is 219 cm³/mol. The molecule has 0 bridgehead atoms. The lowest BCUT2D eigenvalue weighted by Gasteiger charge is -2.14. The second-order valence-electron chi connectivity index (χ2n) is 12.1. The van der Waals surface area contributed by atoms with Crippen molar-refractivity contribution in [3.63, 3.8) is 0 Å². The number of hydrogen-bond donors (Lipinski definition) is 0. The second kappa shape index (κ2) is 20.4. The van der Waals surface area contributed by atoms with Crippen LogP contribution in [-0.2, 0) is 4.79 Å². The van der Waals surface area contributed by atoms with Gasteiger partial charge in [0.25, 0.3) is 0 Å². The molecule has 0 unspecified atom stereocenters. The number of methoxy groups -OCH3 is 6. The van der Waals surface area contributed by atoms with E-state index in [0.717, 1.165) is 11.1 Å². The molecule has 0 saturated heterocycles. The summed E-state index contributed by atoms with van der Waals surface area (Å²) in [6.45, 7) is 2.00. The molecule has 14 nitrogen and oxygen atoms in total. The summed E-state index contributed by atoms with van der Waals surface area (Å²) in [6.07, 6.45) is 0. The molecular formula is C46H40O14. The summed E-state index contributed by atoms with van der Waals surface area (Å²) >= 11 is 0. The van der Waals surface area contributed by atoms with Crippen LogP contribution < -0.4 is 47.4 Å². The number of benzene rings is 6. The maximum atomic E-state index is 12.9. The SMILES string of the molecule is C=O.COc1cc(OC)c(Oc2ccc(C(=O)Oc3ccc(-c4ccc(OC(=O)c5ccc(OC(=O)c6cc(OC)c(OC)cc6OC)cc5)cc4)cc3)cc2)cc1OC. The third-order valence-corrected chi connectivity index (χ3v) is 8.68. The number of hydrogen-bond acceptors (Lipinski definition) is 14. The van der Waals surface area contributed by atoms with E-state index in [1.807, 2.05) is 18.9 Å². The molecule has 0 aliphatic heterocycles. The van der Waals surface area contributed by atoms with Gasteiger partial charge in [0.2, 0.25) is 0 Å². The zero-order valence-electron chi connectivity index (χ0n) is 33.5. The van der Waals surface area contributed by atoms with Crippen LogP contribution in [0.5, 0.6) is 63.2 Å². The molecule has 6 rings (SSSR count). The zero-order valence-corrected chi connectivity index (χ0v) is 33.5. The van der Waals surface area contributed by atoms with Crippen molar-refractivity contribution in [2.24, 2.45) is 0 Å². The summed E-state index contributed by atoms with van der Waals surface area (Å²) in [5.41, 5.74) is 2.40. The molecule has 0 heterocycles. The predicted octanol–water partition coefficient (Wildman–Crippen LogP) is 8.67. The van der Waals surface area contributed by atoms with E-state index in [2.05, 4.69) is 0 Å². The smallest absolute Gasteiger partial charge is 0.347 e. The standard InChI is InChI=1S/C45H38O13.CH2O/c1-49-36-24-38(51-3)37(50-2)23-35(36)45(48)58-34-21-13-30(14-22-34)44(47)57-33-17-9-28(10-18-33)27-7-15-32(16-8-27)56-43(46)29-11-19-31(20-12-29)55-42-26-40(53-5)39(52-4)25-41(42)54-6;1-2/h7-26H,1-6H3;1H2. The Bertz CT molecular complexity index is 2410. The molecule has 0 aliphatic rings. The molecule has 0 spiro atoms. The Morgan fingerprint density at radius 3 is 1.05 bits per heavy atom. The third-order valence-electron chi connectivity index (χ3n) is 8.68. The van der Waals surface area contributed by atoms with Gasteiger partial charge in [0.05, 0.1) is 53.8 Å². The number of carbonyl (C=O) groups excluding carboxylic acids is 4. The second-order valence-corrected chi connectivity index (χ2v) is 12.1. The largest absolute Gasteiger partial charge is 0.496 e. The Morgan fingerprint density at radius 1 is 0.350 bits per heavy atom. The van der Waals surface area contributed by atoms with E-state index in [1.54, 1.807) is 72.8 Å². The first-order valence-corrected chi connectivity index (χ1v) is 17.8. The summed E-state index contributed by atoms with van der Waals surface area (Å²) < 4.78 is 54.6. The molecule has 0 aromatic heterocycles. The van der Waals surface area contributed by atoms with Crippen LogP contribution in [0.4, 0.5) is 0 Å². The van der Waals surface area contributed by atoms with E-state index in [-0.39, 0.29) is 22.6 Å². The van der Waals surface area contributed by atoms with Gasteiger partial charge < -0.3 is 52.2 Å². The normalized spacial score (nSPS) is 10.2. The highest BCUT2D eigenvalue weighted by Crippen LogP contribution is 2.41. The third kappa shape index (κ3) is 10.3. The van der Waals surface area contributed by atoms with Crippen LogP contribution in [0.2, 0.25) is 0 Å². The molecule has 308 valence electrons. The topological polar surface area (TPSA) is 161 Å². The highest BCUT2D eigenvalue weighted by atomic mass is 16.6. The summed E-state index contributed by atoms with van der Waals surface area (Å²) in [5.74, 6) is 2.33. The Kier molecular flexibility index (Phi) is 14.7. The molecule has 0 N–H and O–H groups in total. The monoisotopic (exact) mass is 816 g/mol. The van der Waals surface area contributed by atoms with Gasteiger partial charge in [-0.1, -0.05) is 24.3 Å². The van der Waals surface area contributed by atoms with E-state index in [1.165, 1.54) is 79.1 Å². The molecule has 0 atom stereocenters. The Hall–Kier alpha value is -8.00. The van der Waals surface area contributed by atoms with Gasteiger partial charge in [-0.05, 0) is 83.9 Å². The molecular weight excluding hydrogens is 776 g/mol. The van der Waals surface area contributed by atoms with Crippen LogP contribution in [-0.4, -0.2) is 67.4 Å². The number of rotatable bonds is 15. The van der Waals surface area contributed by atoms with Gasteiger partial charge in [-0.3, -0.25) is 0 Å². The van der Waals surface area contributed by atoms with Crippen molar-refractivity contribution >= 4 is 24.7 Å². The van der Waals surface area contributed by atoms with Crippen LogP contribution in [0.1, 0.15) is 31.1 Å².